The fraction of sp³-hybridized carbons (Fsp3) is 0.471. The van der Waals surface area contributed by atoms with Crippen LogP contribution in [0.4, 0.5) is 5.69 Å². The largest absolute Gasteiger partial charge is 0.416 e. The van der Waals surface area contributed by atoms with E-state index < -0.39 is 15.1 Å². The van der Waals surface area contributed by atoms with E-state index in [1.54, 1.807) is 6.92 Å². The first kappa shape index (κ1) is 18.9. The fourth-order valence-corrected chi connectivity index (χ4v) is 5.30. The molecule has 0 aliphatic carbocycles. The summed E-state index contributed by atoms with van der Waals surface area (Å²) in [6.07, 6.45) is 1.08. The van der Waals surface area contributed by atoms with Crippen LogP contribution in [0, 0.1) is 12.8 Å². The van der Waals surface area contributed by atoms with E-state index in [-0.39, 0.29) is 23.3 Å². The Hall–Kier alpha value is -1.87. The molecule has 1 saturated heterocycles. The van der Waals surface area contributed by atoms with Gasteiger partial charge < -0.3 is 9.73 Å². The van der Waals surface area contributed by atoms with Crippen molar-refractivity contribution in [3.63, 3.8) is 0 Å². The van der Waals surface area contributed by atoms with Crippen LogP contribution < -0.4 is 5.32 Å². The number of amides is 1. The van der Waals surface area contributed by atoms with Gasteiger partial charge in [-0.15, -0.1) is 10.2 Å². The van der Waals surface area contributed by atoms with Gasteiger partial charge >= 0.3 is 0 Å². The summed E-state index contributed by atoms with van der Waals surface area (Å²) in [5.74, 6) is 0.693. The van der Waals surface area contributed by atoms with Crippen LogP contribution in [0.2, 0.25) is 0 Å². The van der Waals surface area contributed by atoms with Gasteiger partial charge in [0.25, 0.3) is 5.22 Å². The summed E-state index contributed by atoms with van der Waals surface area (Å²) in [5, 5.41) is 10.7. The standard InChI is InChI=1S/C17H21N3O4S2/c1-11-3-5-14(6-4-11)18-16(21)12(2)25-17-20-19-15(24-17)9-13-7-8-26(22,23)10-13/h3-6,12-13H,7-10H2,1-2H3,(H,18,21)/t12-,13-/m1/s1. The maximum absolute atomic E-state index is 12.3. The minimum Gasteiger partial charge on any atom is -0.416 e. The van der Waals surface area contributed by atoms with E-state index in [9.17, 15) is 13.2 Å². The zero-order valence-electron chi connectivity index (χ0n) is 14.6. The van der Waals surface area contributed by atoms with Gasteiger partial charge in [0.2, 0.25) is 11.8 Å². The van der Waals surface area contributed by atoms with Gasteiger partial charge in [0.15, 0.2) is 9.84 Å². The van der Waals surface area contributed by atoms with Gasteiger partial charge in [-0.2, -0.15) is 0 Å². The van der Waals surface area contributed by atoms with E-state index in [0.717, 1.165) is 11.3 Å². The Labute approximate surface area is 156 Å². The molecule has 1 aromatic heterocycles. The van der Waals surface area contributed by atoms with Crippen molar-refractivity contribution >= 4 is 33.2 Å². The Morgan fingerprint density at radius 2 is 2.08 bits per heavy atom. The molecule has 0 radical (unpaired) electrons. The first-order valence-corrected chi connectivity index (χ1v) is 11.1. The number of aryl methyl sites for hydroxylation is 1. The molecule has 1 fully saturated rings. The number of aromatic nitrogens is 2. The quantitative estimate of drug-likeness (QED) is 0.750. The highest BCUT2D eigenvalue weighted by atomic mass is 32.2. The van der Waals surface area contributed by atoms with Crippen LogP contribution in [0.5, 0.6) is 0 Å². The van der Waals surface area contributed by atoms with Crippen LogP contribution in [0.15, 0.2) is 33.9 Å². The predicted octanol–water partition coefficient (Wildman–Crippen LogP) is 2.47. The van der Waals surface area contributed by atoms with E-state index in [0.29, 0.717) is 24.0 Å². The minimum absolute atomic E-state index is 0.0283. The number of carbonyl (C=O) groups is 1. The highest BCUT2D eigenvalue weighted by Crippen LogP contribution is 2.26. The molecule has 140 valence electrons. The van der Waals surface area contributed by atoms with E-state index in [1.807, 2.05) is 31.2 Å². The van der Waals surface area contributed by atoms with Gasteiger partial charge in [0.1, 0.15) is 0 Å². The van der Waals surface area contributed by atoms with Crippen LogP contribution in [-0.2, 0) is 21.1 Å². The van der Waals surface area contributed by atoms with Gasteiger partial charge in [-0.1, -0.05) is 29.5 Å². The average Bonchev–Trinajstić information content (AvgIpc) is 3.15. The monoisotopic (exact) mass is 395 g/mol. The van der Waals surface area contributed by atoms with Crippen LogP contribution in [0.1, 0.15) is 24.8 Å². The lowest BCUT2D eigenvalue weighted by molar-refractivity contribution is -0.115. The number of rotatable bonds is 6. The molecule has 2 heterocycles. The molecular formula is C17H21N3O4S2. The van der Waals surface area contributed by atoms with Gasteiger partial charge in [0.05, 0.1) is 16.8 Å². The highest BCUT2D eigenvalue weighted by Gasteiger charge is 2.29. The summed E-state index contributed by atoms with van der Waals surface area (Å²) in [5.41, 5.74) is 1.86. The lowest BCUT2D eigenvalue weighted by Crippen LogP contribution is -2.22. The van der Waals surface area contributed by atoms with Crippen LogP contribution in [-0.4, -0.2) is 41.3 Å². The Kier molecular flexibility index (Phi) is 5.67. The molecule has 26 heavy (non-hydrogen) atoms. The third-order valence-electron chi connectivity index (χ3n) is 4.20. The smallest absolute Gasteiger partial charge is 0.277 e. The molecule has 0 bridgehead atoms. The second kappa shape index (κ2) is 7.79. The third kappa shape index (κ3) is 5.07. The van der Waals surface area contributed by atoms with Crippen LogP contribution in [0.3, 0.4) is 0 Å². The molecular weight excluding hydrogens is 374 g/mol. The Morgan fingerprint density at radius 1 is 1.35 bits per heavy atom. The van der Waals surface area contributed by atoms with E-state index in [1.165, 1.54) is 11.8 Å². The van der Waals surface area contributed by atoms with Crippen molar-refractivity contribution in [2.45, 2.75) is 37.2 Å². The summed E-state index contributed by atoms with van der Waals surface area (Å²) in [4.78, 5) is 12.3. The van der Waals surface area contributed by atoms with Gasteiger partial charge in [-0.25, -0.2) is 8.42 Å². The Bertz CT molecular complexity index is 878. The second-order valence-electron chi connectivity index (χ2n) is 6.55. The van der Waals surface area contributed by atoms with Gasteiger partial charge in [-0.05, 0) is 38.3 Å². The van der Waals surface area contributed by atoms with Crippen molar-refractivity contribution in [1.29, 1.82) is 0 Å². The first-order valence-electron chi connectivity index (χ1n) is 8.38. The molecule has 7 nitrogen and oxygen atoms in total. The third-order valence-corrected chi connectivity index (χ3v) is 6.98. The summed E-state index contributed by atoms with van der Waals surface area (Å²) in [6, 6.07) is 7.57. The maximum Gasteiger partial charge on any atom is 0.277 e. The van der Waals surface area contributed by atoms with Gasteiger partial charge in [-0.3, -0.25) is 4.79 Å². The summed E-state index contributed by atoms with van der Waals surface area (Å²) < 4.78 is 28.6. The van der Waals surface area contributed by atoms with E-state index in [4.69, 9.17) is 4.42 Å². The molecule has 0 spiro atoms. The maximum atomic E-state index is 12.3. The molecule has 3 rings (SSSR count). The molecule has 0 saturated carbocycles. The zero-order chi connectivity index (χ0) is 18.7. The van der Waals surface area contributed by atoms with Crippen LogP contribution >= 0.6 is 11.8 Å². The van der Waals surface area contributed by atoms with Gasteiger partial charge in [0, 0.05) is 12.1 Å². The number of benzene rings is 1. The molecule has 1 aliphatic heterocycles. The molecule has 0 unspecified atom stereocenters. The number of nitrogens with zero attached hydrogens (tertiary/aromatic N) is 2. The number of nitrogens with one attached hydrogen (secondary N) is 1. The molecule has 1 N–H and O–H groups in total. The fourth-order valence-electron chi connectivity index (χ4n) is 2.73. The number of hydrogen-bond donors (Lipinski definition) is 1. The van der Waals surface area contributed by atoms with E-state index in [2.05, 4.69) is 15.5 Å². The Morgan fingerprint density at radius 3 is 2.73 bits per heavy atom. The summed E-state index contributed by atoms with van der Waals surface area (Å²) in [6.45, 7) is 3.75. The highest BCUT2D eigenvalue weighted by molar-refractivity contribution is 8.00. The number of thioether (sulfide) groups is 1. The normalized spacial score (nSPS) is 20.0. The second-order valence-corrected chi connectivity index (χ2v) is 10.1. The zero-order valence-corrected chi connectivity index (χ0v) is 16.3. The van der Waals surface area contributed by atoms with E-state index >= 15 is 0 Å². The summed E-state index contributed by atoms with van der Waals surface area (Å²) >= 11 is 1.18. The molecule has 1 aliphatic rings. The first-order chi connectivity index (χ1) is 12.3. The minimum atomic E-state index is -2.92. The molecule has 1 amide bonds. The number of hydrogen-bond acceptors (Lipinski definition) is 7. The lowest BCUT2D eigenvalue weighted by atomic mass is 10.1. The van der Waals surface area contributed by atoms with Crippen molar-refractivity contribution in [3.05, 3.63) is 35.7 Å². The number of carbonyl (C=O) groups excluding carboxylic acids is 1. The topological polar surface area (TPSA) is 102 Å². The van der Waals surface area contributed by atoms with Crippen molar-refractivity contribution in [2.75, 3.05) is 16.8 Å². The Balaban J connectivity index is 1.53. The number of anilines is 1. The van der Waals surface area contributed by atoms with Crippen molar-refractivity contribution < 1.29 is 17.6 Å². The average molecular weight is 396 g/mol. The van der Waals surface area contributed by atoms with Crippen molar-refractivity contribution in [2.24, 2.45) is 5.92 Å². The molecule has 2 atom stereocenters. The van der Waals surface area contributed by atoms with Crippen molar-refractivity contribution in [3.8, 4) is 0 Å². The number of sulfone groups is 1. The summed E-state index contributed by atoms with van der Waals surface area (Å²) in [7, 11) is -2.92. The van der Waals surface area contributed by atoms with Crippen molar-refractivity contribution in [1.82, 2.24) is 10.2 Å². The van der Waals surface area contributed by atoms with Crippen LogP contribution in [0.25, 0.3) is 0 Å². The molecule has 2 aromatic rings. The lowest BCUT2D eigenvalue weighted by Gasteiger charge is -2.10. The molecule has 1 aromatic carbocycles. The SMILES string of the molecule is Cc1ccc(NC(=O)[C@@H](C)Sc2nnc(C[C@H]3CCS(=O)(=O)C3)o2)cc1. The molecule has 9 heteroatoms. The predicted molar refractivity (Wildman–Crippen MR) is 99.9 cm³/mol.